The molecule has 0 aliphatic heterocycles. The summed E-state index contributed by atoms with van der Waals surface area (Å²) in [5, 5.41) is 11.5. The van der Waals surface area contributed by atoms with Gasteiger partial charge in [-0.25, -0.2) is 18.3 Å². The Bertz CT molecular complexity index is 1100. The Morgan fingerprint density at radius 1 is 1.22 bits per heavy atom. The monoisotopic (exact) mass is 428 g/mol. The van der Waals surface area contributed by atoms with Crippen molar-refractivity contribution in [3.05, 3.63) is 69.8 Å². The first-order valence-electron chi connectivity index (χ1n) is 7.64. The van der Waals surface area contributed by atoms with Gasteiger partial charge in [0.25, 0.3) is 5.91 Å². The molecule has 0 saturated heterocycles. The van der Waals surface area contributed by atoms with Crippen molar-refractivity contribution in [2.24, 2.45) is 0 Å². The van der Waals surface area contributed by atoms with Gasteiger partial charge in [0.15, 0.2) is 0 Å². The van der Waals surface area contributed by atoms with Crippen LogP contribution in [-0.2, 0) is 20.6 Å². The fourth-order valence-corrected chi connectivity index (χ4v) is 4.84. The maximum absolute atomic E-state index is 13.4. The van der Waals surface area contributed by atoms with E-state index in [0.29, 0.717) is 5.56 Å². The maximum Gasteiger partial charge on any atom is 0.266 e. The van der Waals surface area contributed by atoms with Gasteiger partial charge in [0.1, 0.15) is 11.9 Å². The van der Waals surface area contributed by atoms with Gasteiger partial charge < -0.3 is 0 Å². The second-order valence-electron chi connectivity index (χ2n) is 5.75. The molecule has 2 aromatic carbocycles. The zero-order valence-electron chi connectivity index (χ0n) is 13.6. The Labute approximate surface area is 163 Å². The summed E-state index contributed by atoms with van der Waals surface area (Å²) in [6, 6.07) is 9.01. The van der Waals surface area contributed by atoms with E-state index in [1.165, 1.54) is 11.5 Å². The first-order chi connectivity index (χ1) is 12.8. The van der Waals surface area contributed by atoms with Crippen molar-refractivity contribution in [2.75, 3.05) is 0 Å². The number of benzene rings is 2. The van der Waals surface area contributed by atoms with Crippen LogP contribution in [0.25, 0.3) is 10.1 Å². The van der Waals surface area contributed by atoms with Gasteiger partial charge >= 0.3 is 0 Å². The number of hydrogen-bond donors (Lipinski definition) is 3. The van der Waals surface area contributed by atoms with Gasteiger partial charge in [0.05, 0.1) is 10.8 Å². The Balaban J connectivity index is 1.86. The molecule has 3 rings (SSSR count). The molecule has 10 heteroatoms. The largest absolute Gasteiger partial charge is 0.289 e. The summed E-state index contributed by atoms with van der Waals surface area (Å²) >= 11 is 7.25. The molecule has 1 atom stereocenters. The minimum Gasteiger partial charge on any atom is -0.289 e. The second-order valence-corrected chi connectivity index (χ2v) is 8.86. The number of halogens is 2. The molecule has 0 aliphatic carbocycles. The van der Waals surface area contributed by atoms with Crippen LogP contribution in [0.1, 0.15) is 17.2 Å². The van der Waals surface area contributed by atoms with Crippen LogP contribution in [0.2, 0.25) is 5.02 Å². The molecule has 0 radical (unpaired) electrons. The van der Waals surface area contributed by atoms with Crippen LogP contribution in [-0.4, -0.2) is 19.5 Å². The van der Waals surface area contributed by atoms with Crippen molar-refractivity contribution < 1.29 is 22.8 Å². The molecule has 3 N–H and O–H groups in total. The van der Waals surface area contributed by atoms with E-state index >= 15 is 0 Å². The van der Waals surface area contributed by atoms with Gasteiger partial charge in [-0.3, -0.25) is 10.0 Å². The molecule has 3 aromatic rings. The van der Waals surface area contributed by atoms with E-state index in [2.05, 4.69) is 4.72 Å². The third-order valence-corrected chi connectivity index (χ3v) is 6.32. The van der Waals surface area contributed by atoms with Crippen molar-refractivity contribution >= 4 is 49.0 Å². The first-order valence-corrected chi connectivity index (χ1v) is 10.5. The van der Waals surface area contributed by atoms with Gasteiger partial charge in [-0.15, -0.1) is 11.3 Å². The zero-order valence-corrected chi connectivity index (χ0v) is 16.0. The number of fused-ring (bicyclic) bond motifs is 1. The van der Waals surface area contributed by atoms with Crippen molar-refractivity contribution in [1.82, 2.24) is 10.2 Å². The van der Waals surface area contributed by atoms with Crippen LogP contribution in [0, 0.1) is 5.82 Å². The molecule has 1 aromatic heterocycles. The van der Waals surface area contributed by atoms with E-state index in [1.54, 1.807) is 23.5 Å². The van der Waals surface area contributed by atoms with Gasteiger partial charge in [-0.05, 0) is 52.2 Å². The predicted octanol–water partition coefficient (Wildman–Crippen LogP) is 3.36. The van der Waals surface area contributed by atoms with Crippen LogP contribution in [0.4, 0.5) is 4.39 Å². The fourth-order valence-electron chi connectivity index (χ4n) is 2.58. The number of hydroxylamine groups is 1. The highest BCUT2D eigenvalue weighted by molar-refractivity contribution is 7.88. The topological polar surface area (TPSA) is 95.5 Å². The van der Waals surface area contributed by atoms with Crippen LogP contribution in [0.15, 0.2) is 47.8 Å². The lowest BCUT2D eigenvalue weighted by Crippen LogP contribution is -2.39. The highest BCUT2D eigenvalue weighted by atomic mass is 35.5. The normalized spacial score (nSPS) is 12.9. The fraction of sp³-hybridized carbons (Fsp3) is 0.118. The summed E-state index contributed by atoms with van der Waals surface area (Å²) in [6.45, 7) is 0. The lowest BCUT2D eigenvalue weighted by Gasteiger charge is -2.18. The summed E-state index contributed by atoms with van der Waals surface area (Å²) in [5.74, 6) is -2.10. The van der Waals surface area contributed by atoms with Crippen LogP contribution < -0.4 is 10.2 Å². The third kappa shape index (κ3) is 4.63. The highest BCUT2D eigenvalue weighted by Gasteiger charge is 2.27. The Kier molecular flexibility index (Phi) is 5.78. The lowest BCUT2D eigenvalue weighted by molar-refractivity contribution is -0.131. The smallest absolute Gasteiger partial charge is 0.266 e. The third-order valence-electron chi connectivity index (χ3n) is 3.82. The number of amides is 1. The van der Waals surface area contributed by atoms with E-state index in [-0.39, 0.29) is 16.3 Å². The Morgan fingerprint density at radius 2 is 2.00 bits per heavy atom. The second kappa shape index (κ2) is 7.91. The van der Waals surface area contributed by atoms with Gasteiger partial charge in [-0.2, -0.15) is 4.72 Å². The minimum absolute atomic E-state index is 0.0878. The molecule has 1 amide bonds. The molecule has 6 nitrogen and oxygen atoms in total. The highest BCUT2D eigenvalue weighted by Crippen LogP contribution is 2.24. The average molecular weight is 429 g/mol. The number of sulfonamides is 1. The quantitative estimate of drug-likeness (QED) is 0.414. The zero-order chi connectivity index (χ0) is 19.6. The molecule has 142 valence electrons. The SMILES string of the molecule is O=C(NO)C(NS(=O)(=O)Cc1ccc2sccc2c1)c1ccc(F)c(Cl)c1. The predicted molar refractivity (Wildman–Crippen MR) is 102 cm³/mol. The van der Waals surface area contributed by atoms with E-state index in [1.807, 2.05) is 17.5 Å². The van der Waals surface area contributed by atoms with E-state index < -0.39 is 27.8 Å². The van der Waals surface area contributed by atoms with Crippen molar-refractivity contribution in [3.8, 4) is 0 Å². The van der Waals surface area contributed by atoms with Crippen molar-refractivity contribution in [3.63, 3.8) is 0 Å². The summed E-state index contributed by atoms with van der Waals surface area (Å²) in [4.78, 5) is 12.0. The molecule has 27 heavy (non-hydrogen) atoms. The van der Waals surface area contributed by atoms with Gasteiger partial charge in [-0.1, -0.05) is 23.7 Å². The summed E-state index contributed by atoms with van der Waals surface area (Å²) in [5.41, 5.74) is 2.03. The molecule has 0 aliphatic rings. The van der Waals surface area contributed by atoms with Gasteiger partial charge in [0, 0.05) is 4.70 Å². The Hall–Kier alpha value is -2.04. The van der Waals surface area contributed by atoms with Crippen molar-refractivity contribution in [2.45, 2.75) is 11.8 Å². The molecule has 0 fully saturated rings. The van der Waals surface area contributed by atoms with E-state index in [0.717, 1.165) is 22.2 Å². The van der Waals surface area contributed by atoms with Crippen molar-refractivity contribution in [1.29, 1.82) is 0 Å². The molecular weight excluding hydrogens is 415 g/mol. The summed E-state index contributed by atoms with van der Waals surface area (Å²) in [7, 11) is -3.97. The maximum atomic E-state index is 13.4. The summed E-state index contributed by atoms with van der Waals surface area (Å²) < 4.78 is 41.7. The Morgan fingerprint density at radius 3 is 2.70 bits per heavy atom. The number of nitrogens with one attached hydrogen (secondary N) is 2. The first kappa shape index (κ1) is 19.7. The van der Waals surface area contributed by atoms with E-state index in [4.69, 9.17) is 16.8 Å². The summed E-state index contributed by atoms with van der Waals surface area (Å²) in [6.07, 6.45) is 0. The number of rotatable bonds is 6. The number of thiophene rings is 1. The number of hydrogen-bond acceptors (Lipinski definition) is 5. The van der Waals surface area contributed by atoms with Crippen LogP contribution in [0.5, 0.6) is 0 Å². The molecular formula is C17H14ClFN2O4S2. The number of carbonyl (C=O) groups is 1. The van der Waals surface area contributed by atoms with E-state index in [9.17, 15) is 17.6 Å². The molecule has 1 unspecified atom stereocenters. The standard InChI is InChI=1S/C17H14ClFN2O4S2/c18-13-8-12(2-3-14(13)19)16(17(22)20-23)21-27(24,25)9-10-1-4-15-11(7-10)5-6-26-15/h1-8,16,21,23H,9H2,(H,20,22). The molecule has 0 bridgehead atoms. The van der Waals surface area contributed by atoms with Crippen LogP contribution >= 0.6 is 22.9 Å². The minimum atomic E-state index is -3.97. The number of carbonyl (C=O) groups excluding carboxylic acids is 1. The van der Waals surface area contributed by atoms with Gasteiger partial charge in [0.2, 0.25) is 10.0 Å². The lowest BCUT2D eigenvalue weighted by atomic mass is 10.1. The molecule has 1 heterocycles. The molecule has 0 saturated carbocycles. The van der Waals surface area contributed by atoms with Crippen LogP contribution in [0.3, 0.4) is 0 Å². The average Bonchev–Trinajstić information content (AvgIpc) is 3.09. The molecule has 0 spiro atoms.